The normalized spacial score (nSPS) is 14.4. The molecular weight excluding hydrogens is 328 g/mol. The number of ketones is 2. The number of rotatable bonds is 1. The van der Waals surface area contributed by atoms with Gasteiger partial charge in [0, 0.05) is 16.7 Å². The first-order valence-electron chi connectivity index (χ1n) is 6.66. The van der Waals surface area contributed by atoms with E-state index in [1.807, 2.05) is 50.2 Å². The Balaban J connectivity index is 2.26. The van der Waals surface area contributed by atoms with Gasteiger partial charge in [-0.3, -0.25) is 9.59 Å². The van der Waals surface area contributed by atoms with Crippen LogP contribution in [0.4, 0.5) is 0 Å². The summed E-state index contributed by atoms with van der Waals surface area (Å²) in [4.78, 5) is 25.3. The van der Waals surface area contributed by atoms with Gasteiger partial charge in [0.25, 0.3) is 0 Å². The summed E-state index contributed by atoms with van der Waals surface area (Å²) in [5.74, 6) is -0.239. The van der Waals surface area contributed by atoms with Crippen molar-refractivity contribution in [3.63, 3.8) is 0 Å². The van der Waals surface area contributed by atoms with E-state index in [0.717, 1.165) is 16.7 Å². The average molecular weight is 341 g/mol. The van der Waals surface area contributed by atoms with Crippen LogP contribution in [0.15, 0.2) is 46.9 Å². The first-order chi connectivity index (χ1) is 10.0. The molecule has 21 heavy (non-hydrogen) atoms. The number of aryl methyl sites for hydroxylation is 2. The lowest BCUT2D eigenvalue weighted by atomic mass is 9.84. The Morgan fingerprint density at radius 2 is 1.33 bits per heavy atom. The van der Waals surface area contributed by atoms with Crippen molar-refractivity contribution < 1.29 is 9.59 Å². The number of halogens is 1. The van der Waals surface area contributed by atoms with Gasteiger partial charge in [0.1, 0.15) is 0 Å². The maximum absolute atomic E-state index is 12.8. The summed E-state index contributed by atoms with van der Waals surface area (Å²) < 4.78 is 0.342. The van der Waals surface area contributed by atoms with Crippen molar-refractivity contribution >= 4 is 33.1 Å². The van der Waals surface area contributed by atoms with Gasteiger partial charge in [0.15, 0.2) is 5.78 Å². The Labute approximate surface area is 131 Å². The van der Waals surface area contributed by atoms with E-state index in [1.54, 1.807) is 6.07 Å². The van der Waals surface area contributed by atoms with E-state index in [2.05, 4.69) is 15.9 Å². The third-order valence-corrected chi connectivity index (χ3v) is 4.59. The number of fused-ring (bicyclic) bond motifs is 1. The molecule has 0 unspecified atom stereocenters. The minimum absolute atomic E-state index is 0.106. The molecule has 104 valence electrons. The van der Waals surface area contributed by atoms with Gasteiger partial charge in [-0.1, -0.05) is 30.3 Å². The van der Waals surface area contributed by atoms with E-state index in [0.29, 0.717) is 21.2 Å². The Morgan fingerprint density at radius 1 is 0.810 bits per heavy atom. The van der Waals surface area contributed by atoms with Gasteiger partial charge in [-0.15, -0.1) is 0 Å². The number of Topliss-reactive ketones (excluding diaryl/α,β-unsaturated/α-hetero) is 2. The van der Waals surface area contributed by atoms with Crippen molar-refractivity contribution in [1.82, 2.24) is 0 Å². The quantitative estimate of drug-likeness (QED) is 0.766. The molecule has 0 heterocycles. The lowest BCUT2D eigenvalue weighted by Gasteiger charge is -2.19. The summed E-state index contributed by atoms with van der Waals surface area (Å²) in [6, 6.07) is 12.9. The molecule has 3 heteroatoms. The van der Waals surface area contributed by atoms with Crippen LogP contribution in [0.3, 0.4) is 0 Å². The Morgan fingerprint density at radius 3 is 1.90 bits per heavy atom. The summed E-state index contributed by atoms with van der Waals surface area (Å²) in [6.07, 6.45) is 0. The molecule has 0 N–H and O–H groups in total. The van der Waals surface area contributed by atoms with E-state index in [-0.39, 0.29) is 11.6 Å². The fourth-order valence-corrected chi connectivity index (χ4v) is 3.14. The van der Waals surface area contributed by atoms with Gasteiger partial charge in [0.05, 0.1) is 4.48 Å². The molecule has 0 bridgehead atoms. The number of benzene rings is 2. The summed E-state index contributed by atoms with van der Waals surface area (Å²) in [5, 5.41) is 0. The second-order valence-corrected chi connectivity index (χ2v) is 5.99. The molecular formula is C18H13BrO2. The van der Waals surface area contributed by atoms with E-state index in [9.17, 15) is 9.59 Å². The van der Waals surface area contributed by atoms with Gasteiger partial charge in [-0.25, -0.2) is 0 Å². The van der Waals surface area contributed by atoms with Gasteiger partial charge in [-0.05, 0) is 58.6 Å². The maximum Gasteiger partial charge on any atom is 0.201 e. The number of allylic oxidation sites excluding steroid dienone is 2. The van der Waals surface area contributed by atoms with Crippen LogP contribution in [-0.2, 0) is 0 Å². The molecule has 0 radical (unpaired) electrons. The highest BCUT2D eigenvalue weighted by Crippen LogP contribution is 2.36. The summed E-state index contributed by atoms with van der Waals surface area (Å²) >= 11 is 3.32. The van der Waals surface area contributed by atoms with Crippen LogP contribution in [0.2, 0.25) is 0 Å². The molecule has 0 saturated heterocycles. The SMILES string of the molecule is Cc1cc2c(cc1C)C(=O)C(c1ccccc1)=C(Br)C2=O. The Kier molecular flexibility index (Phi) is 3.38. The molecule has 0 aromatic heterocycles. The summed E-state index contributed by atoms with van der Waals surface area (Å²) in [7, 11) is 0. The molecule has 1 aliphatic rings. The number of hydrogen-bond donors (Lipinski definition) is 0. The lowest BCUT2D eigenvalue weighted by molar-refractivity contribution is 0.0999. The molecule has 0 amide bonds. The van der Waals surface area contributed by atoms with Crippen LogP contribution >= 0.6 is 15.9 Å². The van der Waals surface area contributed by atoms with Gasteiger partial charge >= 0.3 is 0 Å². The minimum atomic E-state index is -0.133. The first-order valence-corrected chi connectivity index (χ1v) is 7.46. The van der Waals surface area contributed by atoms with Crippen LogP contribution in [0.25, 0.3) is 5.57 Å². The van der Waals surface area contributed by atoms with Crippen molar-refractivity contribution in [2.45, 2.75) is 13.8 Å². The van der Waals surface area contributed by atoms with Crippen molar-refractivity contribution in [2.24, 2.45) is 0 Å². The Hall–Kier alpha value is -2.00. The number of hydrogen-bond acceptors (Lipinski definition) is 2. The summed E-state index contributed by atoms with van der Waals surface area (Å²) in [6.45, 7) is 3.89. The molecule has 2 nitrogen and oxygen atoms in total. The van der Waals surface area contributed by atoms with E-state index >= 15 is 0 Å². The zero-order valence-electron chi connectivity index (χ0n) is 11.7. The highest BCUT2D eigenvalue weighted by Gasteiger charge is 2.32. The second kappa shape index (κ2) is 5.08. The van der Waals surface area contributed by atoms with Crippen molar-refractivity contribution in [2.75, 3.05) is 0 Å². The van der Waals surface area contributed by atoms with Crippen molar-refractivity contribution in [3.05, 3.63) is 74.8 Å². The smallest absolute Gasteiger partial charge is 0.201 e. The zero-order chi connectivity index (χ0) is 15.1. The molecule has 2 aromatic rings. The Bertz CT molecular complexity index is 801. The maximum atomic E-state index is 12.8. The number of carbonyl (C=O) groups is 2. The number of carbonyl (C=O) groups excluding carboxylic acids is 2. The molecule has 0 spiro atoms. The first kappa shape index (κ1) is 14.0. The molecule has 2 aromatic carbocycles. The largest absolute Gasteiger partial charge is 0.289 e. The van der Waals surface area contributed by atoms with Crippen LogP contribution in [0.5, 0.6) is 0 Å². The van der Waals surface area contributed by atoms with Crippen LogP contribution < -0.4 is 0 Å². The third-order valence-electron chi connectivity index (χ3n) is 3.83. The third kappa shape index (κ3) is 2.18. The van der Waals surface area contributed by atoms with Gasteiger partial charge in [-0.2, -0.15) is 0 Å². The van der Waals surface area contributed by atoms with Crippen LogP contribution in [0.1, 0.15) is 37.4 Å². The van der Waals surface area contributed by atoms with E-state index in [1.165, 1.54) is 0 Å². The van der Waals surface area contributed by atoms with Gasteiger partial charge in [0.2, 0.25) is 5.78 Å². The average Bonchev–Trinajstić information content (AvgIpc) is 2.48. The van der Waals surface area contributed by atoms with Crippen molar-refractivity contribution in [3.8, 4) is 0 Å². The minimum Gasteiger partial charge on any atom is -0.289 e. The molecule has 1 aliphatic carbocycles. The highest BCUT2D eigenvalue weighted by molar-refractivity contribution is 9.12. The highest BCUT2D eigenvalue weighted by atomic mass is 79.9. The second-order valence-electron chi connectivity index (χ2n) is 5.20. The fourth-order valence-electron chi connectivity index (χ4n) is 2.52. The fraction of sp³-hybridized carbons (Fsp3) is 0.111. The molecule has 0 fully saturated rings. The predicted octanol–water partition coefficient (Wildman–Crippen LogP) is 4.49. The van der Waals surface area contributed by atoms with Crippen LogP contribution in [0, 0.1) is 13.8 Å². The molecule has 0 atom stereocenters. The van der Waals surface area contributed by atoms with E-state index in [4.69, 9.17) is 0 Å². The molecule has 0 saturated carbocycles. The predicted molar refractivity (Wildman–Crippen MR) is 86.9 cm³/mol. The summed E-state index contributed by atoms with van der Waals surface area (Å²) in [5.41, 5.74) is 4.20. The van der Waals surface area contributed by atoms with Crippen molar-refractivity contribution in [1.29, 1.82) is 0 Å². The topological polar surface area (TPSA) is 34.1 Å². The monoisotopic (exact) mass is 340 g/mol. The van der Waals surface area contributed by atoms with E-state index < -0.39 is 0 Å². The zero-order valence-corrected chi connectivity index (χ0v) is 13.3. The lowest BCUT2D eigenvalue weighted by Crippen LogP contribution is -2.19. The van der Waals surface area contributed by atoms with Gasteiger partial charge < -0.3 is 0 Å². The molecule has 0 aliphatic heterocycles. The standard InChI is InChI=1S/C18H13BrO2/c1-10-8-13-14(9-11(10)2)18(21)16(19)15(17(13)20)12-6-4-3-5-7-12/h3-9H,1-2H3. The molecule has 3 rings (SSSR count). The van der Waals surface area contributed by atoms with Crippen LogP contribution in [-0.4, -0.2) is 11.6 Å².